The number of fused-ring (bicyclic) bond motifs is 1. The quantitative estimate of drug-likeness (QED) is 0.273. The van der Waals surface area contributed by atoms with Crippen LogP contribution in [0.15, 0.2) is 24.4 Å². The summed E-state index contributed by atoms with van der Waals surface area (Å²) in [4.78, 5) is 10.7. The highest BCUT2D eigenvalue weighted by Gasteiger charge is 2.37. The van der Waals surface area contributed by atoms with Crippen molar-refractivity contribution in [1.29, 1.82) is 0 Å². The van der Waals surface area contributed by atoms with E-state index < -0.39 is 14.6 Å². The maximum absolute atomic E-state index is 12.2. The smallest absolute Gasteiger partial charge is 0.233 e. The van der Waals surface area contributed by atoms with Crippen LogP contribution in [0.4, 0.5) is 0 Å². The van der Waals surface area contributed by atoms with Gasteiger partial charge in [-0.25, -0.2) is 13.5 Å². The third-order valence-corrected chi connectivity index (χ3v) is 7.74. The number of carbonyl (C=O) groups is 1. The molecule has 1 saturated carbocycles. The van der Waals surface area contributed by atoms with Crippen LogP contribution in [0.1, 0.15) is 25.3 Å². The van der Waals surface area contributed by atoms with E-state index in [9.17, 15) is 18.4 Å². The van der Waals surface area contributed by atoms with Crippen molar-refractivity contribution in [3.63, 3.8) is 0 Å². The summed E-state index contributed by atoms with van der Waals surface area (Å²) in [6.45, 7) is 1.64. The van der Waals surface area contributed by atoms with Gasteiger partial charge in [-0.1, -0.05) is 11.8 Å². The molecule has 31 heavy (non-hydrogen) atoms. The van der Waals surface area contributed by atoms with Crippen molar-refractivity contribution in [3.8, 4) is 23.7 Å². The minimum Gasteiger partial charge on any atom is -0.396 e. The standard InChI is InChI=1S/C22H25N3O5S/c1-22(31(2,29)30,15-25(28)16-27)9-10-24-13-19-11-17(7-8-21(19)23-24)5-3-4-6-18-12-20(18)14-26/h7-8,11,13,16,18,20,26,28H,9-10,12,14-15H2,1-2H3/t18?,20-,22+/m0/s1. The van der Waals surface area contributed by atoms with E-state index in [1.165, 1.54) is 6.92 Å². The molecule has 2 N–H and O–H groups in total. The van der Waals surface area contributed by atoms with Gasteiger partial charge in [0.15, 0.2) is 9.84 Å². The summed E-state index contributed by atoms with van der Waals surface area (Å²) in [5.41, 5.74) is 1.54. The first-order valence-corrected chi connectivity index (χ1v) is 11.7. The number of rotatable bonds is 8. The van der Waals surface area contributed by atoms with Gasteiger partial charge in [0.2, 0.25) is 6.41 Å². The van der Waals surface area contributed by atoms with E-state index in [-0.39, 0.29) is 31.9 Å². The molecule has 1 amide bonds. The van der Waals surface area contributed by atoms with Gasteiger partial charge in [-0.05, 0) is 55.7 Å². The third-order valence-electron chi connectivity index (χ3n) is 5.62. The lowest BCUT2D eigenvalue weighted by atomic mass is 10.1. The first-order chi connectivity index (χ1) is 14.6. The lowest BCUT2D eigenvalue weighted by Gasteiger charge is -2.29. The molecule has 1 aromatic carbocycles. The number of aromatic nitrogens is 2. The summed E-state index contributed by atoms with van der Waals surface area (Å²) in [5.74, 6) is 12.2. The largest absolute Gasteiger partial charge is 0.396 e. The van der Waals surface area contributed by atoms with Crippen molar-refractivity contribution in [2.45, 2.75) is 31.1 Å². The fourth-order valence-electron chi connectivity index (χ4n) is 3.24. The summed E-state index contributed by atoms with van der Waals surface area (Å²) in [5, 5.41) is 24.2. The van der Waals surface area contributed by atoms with Crippen molar-refractivity contribution in [2.75, 3.05) is 19.4 Å². The van der Waals surface area contributed by atoms with Crippen molar-refractivity contribution in [1.82, 2.24) is 14.8 Å². The predicted octanol–water partition coefficient (Wildman–Crippen LogP) is 1.06. The van der Waals surface area contributed by atoms with Gasteiger partial charge >= 0.3 is 0 Å². The summed E-state index contributed by atoms with van der Waals surface area (Å²) < 4.78 is 24.8. The minimum atomic E-state index is -3.54. The molecule has 1 unspecified atom stereocenters. The van der Waals surface area contributed by atoms with Crippen LogP contribution >= 0.6 is 0 Å². The zero-order chi connectivity index (χ0) is 22.6. The van der Waals surface area contributed by atoms with Gasteiger partial charge in [0, 0.05) is 42.5 Å². The Morgan fingerprint density at radius 3 is 2.81 bits per heavy atom. The van der Waals surface area contributed by atoms with E-state index in [0.717, 1.165) is 29.1 Å². The molecule has 3 rings (SSSR count). The van der Waals surface area contributed by atoms with E-state index in [1.54, 1.807) is 10.9 Å². The highest BCUT2D eigenvalue weighted by Crippen LogP contribution is 2.36. The third kappa shape index (κ3) is 5.65. The summed E-state index contributed by atoms with van der Waals surface area (Å²) in [6, 6.07) is 5.57. The molecule has 1 aromatic heterocycles. The Kier molecular flexibility index (Phi) is 6.71. The van der Waals surface area contributed by atoms with E-state index >= 15 is 0 Å². The van der Waals surface area contributed by atoms with Crippen LogP contribution in [0.25, 0.3) is 10.9 Å². The second kappa shape index (κ2) is 9.11. The molecule has 0 bridgehead atoms. The van der Waals surface area contributed by atoms with E-state index in [2.05, 4.69) is 28.8 Å². The van der Waals surface area contributed by atoms with Crippen molar-refractivity contribution >= 4 is 27.2 Å². The molecular weight excluding hydrogens is 418 g/mol. The van der Waals surface area contributed by atoms with Crippen LogP contribution < -0.4 is 0 Å². The highest BCUT2D eigenvalue weighted by atomic mass is 32.2. The van der Waals surface area contributed by atoms with Gasteiger partial charge < -0.3 is 5.11 Å². The first kappa shape index (κ1) is 22.8. The molecule has 2 aromatic rings. The van der Waals surface area contributed by atoms with Crippen LogP contribution in [-0.4, -0.2) is 64.1 Å². The molecule has 3 atom stereocenters. The zero-order valence-corrected chi connectivity index (χ0v) is 18.3. The van der Waals surface area contributed by atoms with Gasteiger partial charge in [-0.3, -0.25) is 14.7 Å². The minimum absolute atomic E-state index is 0.170. The van der Waals surface area contributed by atoms with Crippen LogP contribution in [-0.2, 0) is 21.2 Å². The number of benzene rings is 1. The molecule has 1 heterocycles. The van der Waals surface area contributed by atoms with E-state index in [1.807, 2.05) is 18.2 Å². The normalized spacial score (nSPS) is 19.5. The topological polar surface area (TPSA) is 113 Å². The molecular formula is C22H25N3O5S. The summed E-state index contributed by atoms with van der Waals surface area (Å²) >= 11 is 0. The molecule has 1 aliphatic carbocycles. The number of aliphatic hydroxyl groups excluding tert-OH is 1. The Hall–Kier alpha value is -2.85. The van der Waals surface area contributed by atoms with Crippen LogP contribution in [0.5, 0.6) is 0 Å². The number of hydrogen-bond donors (Lipinski definition) is 2. The fraction of sp³-hybridized carbons (Fsp3) is 0.455. The second-order valence-corrected chi connectivity index (χ2v) is 10.7. The number of aliphatic hydroxyl groups is 1. The maximum atomic E-state index is 12.2. The van der Waals surface area contributed by atoms with Gasteiger partial charge in [-0.15, -0.1) is 0 Å². The van der Waals surface area contributed by atoms with Crippen LogP contribution in [0.3, 0.4) is 0 Å². The molecule has 0 spiro atoms. The van der Waals surface area contributed by atoms with Crippen molar-refractivity contribution < 1.29 is 23.5 Å². The van der Waals surface area contributed by atoms with E-state index in [0.29, 0.717) is 17.5 Å². The molecule has 1 fully saturated rings. The summed E-state index contributed by atoms with van der Waals surface area (Å²) in [7, 11) is -3.54. The molecule has 9 heteroatoms. The number of nitrogens with zero attached hydrogens (tertiary/aromatic N) is 3. The number of amides is 1. The predicted molar refractivity (Wildman–Crippen MR) is 115 cm³/mol. The Balaban J connectivity index is 1.70. The average molecular weight is 444 g/mol. The van der Waals surface area contributed by atoms with Crippen molar-refractivity contribution in [3.05, 3.63) is 30.0 Å². The molecule has 0 aliphatic heterocycles. The Morgan fingerprint density at radius 1 is 1.39 bits per heavy atom. The fourth-order valence-corrected chi connectivity index (χ4v) is 4.07. The average Bonchev–Trinajstić information content (AvgIpc) is 3.36. The summed E-state index contributed by atoms with van der Waals surface area (Å²) in [6.07, 6.45) is 4.19. The first-order valence-electron chi connectivity index (χ1n) is 9.85. The highest BCUT2D eigenvalue weighted by molar-refractivity contribution is 7.92. The van der Waals surface area contributed by atoms with Gasteiger partial charge in [0.05, 0.1) is 16.8 Å². The van der Waals surface area contributed by atoms with E-state index in [4.69, 9.17) is 5.11 Å². The molecule has 0 saturated heterocycles. The number of hydroxylamine groups is 2. The number of carbonyl (C=O) groups excluding carboxylic acids is 1. The number of sulfone groups is 1. The Bertz CT molecular complexity index is 1200. The lowest BCUT2D eigenvalue weighted by molar-refractivity contribution is -0.151. The number of hydrogen-bond acceptors (Lipinski definition) is 6. The SMILES string of the molecule is C[C@@](CCn1cc2cc(C#CC#CC3C[C@H]3CO)ccc2n1)(CN(O)C=O)S(C)(=O)=O. The van der Waals surface area contributed by atoms with Gasteiger partial charge in [-0.2, -0.15) is 5.10 Å². The van der Waals surface area contributed by atoms with Crippen LogP contribution in [0, 0.1) is 35.5 Å². The second-order valence-electron chi connectivity index (χ2n) is 8.15. The lowest BCUT2D eigenvalue weighted by Crippen LogP contribution is -2.45. The maximum Gasteiger partial charge on any atom is 0.233 e. The number of aryl methyl sites for hydroxylation is 1. The Morgan fingerprint density at radius 2 is 2.16 bits per heavy atom. The van der Waals surface area contributed by atoms with Gasteiger partial charge in [0.25, 0.3) is 0 Å². The van der Waals surface area contributed by atoms with Crippen LogP contribution in [0.2, 0.25) is 0 Å². The van der Waals surface area contributed by atoms with Crippen molar-refractivity contribution in [2.24, 2.45) is 11.8 Å². The Labute approximate surface area is 181 Å². The molecule has 1 aliphatic rings. The monoisotopic (exact) mass is 443 g/mol. The zero-order valence-electron chi connectivity index (χ0n) is 17.4. The molecule has 164 valence electrons. The van der Waals surface area contributed by atoms with Gasteiger partial charge in [0.1, 0.15) is 0 Å². The molecule has 8 nitrogen and oxygen atoms in total. The molecule has 0 radical (unpaired) electrons.